The fourth-order valence-corrected chi connectivity index (χ4v) is 3.52. The molecular weight excluding hydrogens is 284 g/mol. The molecule has 2 heterocycles. The molecule has 2 aliphatic rings. The molecule has 1 N–H and O–H groups in total. The van der Waals surface area contributed by atoms with Gasteiger partial charge in [0.2, 0.25) is 0 Å². The second kappa shape index (κ2) is 7.59. The highest BCUT2D eigenvalue weighted by Crippen LogP contribution is 2.19. The van der Waals surface area contributed by atoms with Crippen molar-refractivity contribution in [1.82, 2.24) is 10.2 Å². The van der Waals surface area contributed by atoms with Crippen LogP contribution in [0.25, 0.3) is 0 Å². The van der Waals surface area contributed by atoms with Crippen LogP contribution in [-0.4, -0.2) is 49.8 Å². The van der Waals surface area contributed by atoms with Crippen LogP contribution in [0.15, 0.2) is 24.3 Å². The van der Waals surface area contributed by atoms with Crippen molar-refractivity contribution in [3.05, 3.63) is 34.9 Å². The second-order valence-electron chi connectivity index (χ2n) is 6.15. The van der Waals surface area contributed by atoms with Gasteiger partial charge in [0.15, 0.2) is 0 Å². The van der Waals surface area contributed by atoms with Gasteiger partial charge >= 0.3 is 0 Å². The number of rotatable bonds is 4. The third-order valence-electron chi connectivity index (χ3n) is 4.75. The molecule has 0 amide bonds. The lowest BCUT2D eigenvalue weighted by Crippen LogP contribution is -2.52. The van der Waals surface area contributed by atoms with E-state index in [0.29, 0.717) is 12.1 Å². The van der Waals surface area contributed by atoms with Gasteiger partial charge in [-0.25, -0.2) is 0 Å². The summed E-state index contributed by atoms with van der Waals surface area (Å²) in [5.74, 6) is 0. The molecule has 1 aromatic carbocycles. The number of halogens is 1. The molecule has 0 spiro atoms. The Labute approximate surface area is 132 Å². The Kier molecular flexibility index (Phi) is 5.53. The Bertz CT molecular complexity index is 423. The van der Waals surface area contributed by atoms with Crippen LogP contribution in [0.1, 0.15) is 24.8 Å². The van der Waals surface area contributed by atoms with E-state index >= 15 is 0 Å². The maximum absolute atomic E-state index is 5.92. The van der Waals surface area contributed by atoms with Crippen LogP contribution in [0, 0.1) is 0 Å². The molecular formula is C17H25ClN2O. The molecule has 0 unspecified atom stereocenters. The minimum atomic E-state index is 0.665. The number of morpholine rings is 1. The van der Waals surface area contributed by atoms with E-state index in [1.54, 1.807) is 0 Å². The van der Waals surface area contributed by atoms with E-state index in [9.17, 15) is 0 Å². The van der Waals surface area contributed by atoms with Crippen molar-refractivity contribution in [3.63, 3.8) is 0 Å². The smallest absolute Gasteiger partial charge is 0.0594 e. The molecule has 2 atom stereocenters. The average Bonchev–Trinajstić information content (AvgIpc) is 2.56. The molecule has 3 rings (SSSR count). The van der Waals surface area contributed by atoms with E-state index in [1.807, 2.05) is 12.1 Å². The Balaban J connectivity index is 1.40. The number of nitrogens with one attached hydrogen (secondary N) is 1. The number of benzene rings is 1. The van der Waals surface area contributed by atoms with Gasteiger partial charge in [-0.15, -0.1) is 0 Å². The number of hydrogen-bond acceptors (Lipinski definition) is 3. The highest BCUT2D eigenvalue weighted by Gasteiger charge is 2.26. The summed E-state index contributed by atoms with van der Waals surface area (Å²) in [5.41, 5.74) is 1.39. The predicted molar refractivity (Wildman–Crippen MR) is 87.0 cm³/mol. The average molecular weight is 309 g/mol. The van der Waals surface area contributed by atoms with Gasteiger partial charge in [0.25, 0.3) is 0 Å². The molecule has 21 heavy (non-hydrogen) atoms. The van der Waals surface area contributed by atoms with Gasteiger partial charge in [0.05, 0.1) is 13.2 Å². The minimum Gasteiger partial charge on any atom is -0.379 e. The summed E-state index contributed by atoms with van der Waals surface area (Å²) in [5, 5.41) is 4.56. The van der Waals surface area contributed by atoms with E-state index in [2.05, 4.69) is 22.3 Å². The summed E-state index contributed by atoms with van der Waals surface area (Å²) in [6.07, 6.45) is 4.96. The molecule has 0 saturated carbocycles. The minimum absolute atomic E-state index is 0.665. The van der Waals surface area contributed by atoms with Crippen molar-refractivity contribution in [1.29, 1.82) is 0 Å². The monoisotopic (exact) mass is 308 g/mol. The standard InChI is InChI=1S/C17H25ClN2O/c18-15-4-1-14(2-5-15)3-6-16-7-8-17(13-19-16)20-9-11-21-12-10-20/h1-2,4-5,16-17,19H,3,6-13H2/t16-,17+/m0/s1. The van der Waals surface area contributed by atoms with E-state index < -0.39 is 0 Å². The summed E-state index contributed by atoms with van der Waals surface area (Å²) in [6.45, 7) is 5.13. The predicted octanol–water partition coefficient (Wildman–Crippen LogP) is 2.73. The Hall–Kier alpha value is -0.610. The van der Waals surface area contributed by atoms with Crippen molar-refractivity contribution >= 4 is 11.6 Å². The second-order valence-corrected chi connectivity index (χ2v) is 6.59. The number of piperidine rings is 1. The summed E-state index contributed by atoms with van der Waals surface area (Å²) < 4.78 is 5.44. The van der Waals surface area contributed by atoms with Crippen LogP contribution < -0.4 is 5.32 Å². The molecule has 3 nitrogen and oxygen atoms in total. The van der Waals surface area contributed by atoms with E-state index in [4.69, 9.17) is 16.3 Å². The molecule has 2 fully saturated rings. The van der Waals surface area contributed by atoms with Crippen LogP contribution in [-0.2, 0) is 11.2 Å². The van der Waals surface area contributed by atoms with Gasteiger partial charge in [0, 0.05) is 36.7 Å². The van der Waals surface area contributed by atoms with Crippen LogP contribution in [0.4, 0.5) is 0 Å². The number of ether oxygens (including phenoxy) is 1. The molecule has 2 aliphatic heterocycles. The third-order valence-corrected chi connectivity index (χ3v) is 5.00. The summed E-state index contributed by atoms with van der Waals surface area (Å²) >= 11 is 5.92. The molecule has 2 saturated heterocycles. The molecule has 0 radical (unpaired) electrons. The molecule has 4 heteroatoms. The fourth-order valence-electron chi connectivity index (χ4n) is 3.39. The van der Waals surface area contributed by atoms with Gasteiger partial charge in [-0.2, -0.15) is 0 Å². The maximum Gasteiger partial charge on any atom is 0.0594 e. The zero-order chi connectivity index (χ0) is 14.5. The first-order valence-corrected chi connectivity index (χ1v) is 8.49. The first-order chi connectivity index (χ1) is 10.3. The first-order valence-electron chi connectivity index (χ1n) is 8.11. The van der Waals surface area contributed by atoms with Gasteiger partial charge < -0.3 is 10.1 Å². The topological polar surface area (TPSA) is 24.5 Å². The lowest BCUT2D eigenvalue weighted by atomic mass is 9.94. The van der Waals surface area contributed by atoms with E-state index in [0.717, 1.165) is 44.3 Å². The van der Waals surface area contributed by atoms with Crippen molar-refractivity contribution in [3.8, 4) is 0 Å². The fraction of sp³-hybridized carbons (Fsp3) is 0.647. The molecule has 0 aliphatic carbocycles. The number of aryl methyl sites for hydroxylation is 1. The van der Waals surface area contributed by atoms with Gasteiger partial charge in [-0.05, 0) is 43.4 Å². The zero-order valence-electron chi connectivity index (χ0n) is 12.6. The van der Waals surface area contributed by atoms with Crippen molar-refractivity contribution in [2.75, 3.05) is 32.8 Å². The largest absolute Gasteiger partial charge is 0.379 e. The third kappa shape index (κ3) is 4.43. The maximum atomic E-state index is 5.92. The van der Waals surface area contributed by atoms with E-state index in [1.165, 1.54) is 24.8 Å². The van der Waals surface area contributed by atoms with Crippen molar-refractivity contribution < 1.29 is 4.74 Å². The lowest BCUT2D eigenvalue weighted by Gasteiger charge is -2.39. The quantitative estimate of drug-likeness (QED) is 0.925. The van der Waals surface area contributed by atoms with Gasteiger partial charge in [-0.3, -0.25) is 4.90 Å². The van der Waals surface area contributed by atoms with Crippen LogP contribution in [0.2, 0.25) is 5.02 Å². The first kappa shape index (κ1) is 15.3. The Morgan fingerprint density at radius 3 is 2.57 bits per heavy atom. The van der Waals surface area contributed by atoms with Gasteiger partial charge in [-0.1, -0.05) is 23.7 Å². The number of hydrogen-bond donors (Lipinski definition) is 1. The highest BCUT2D eigenvalue weighted by atomic mass is 35.5. The molecule has 1 aromatic rings. The van der Waals surface area contributed by atoms with E-state index in [-0.39, 0.29) is 0 Å². The van der Waals surface area contributed by atoms with Crippen LogP contribution >= 0.6 is 11.6 Å². The van der Waals surface area contributed by atoms with Crippen molar-refractivity contribution in [2.45, 2.75) is 37.8 Å². The summed E-state index contributed by atoms with van der Waals surface area (Å²) in [7, 11) is 0. The normalized spacial score (nSPS) is 27.7. The van der Waals surface area contributed by atoms with Gasteiger partial charge in [0.1, 0.15) is 0 Å². The summed E-state index contributed by atoms with van der Waals surface area (Å²) in [4.78, 5) is 2.59. The lowest BCUT2D eigenvalue weighted by molar-refractivity contribution is 0.00897. The van der Waals surface area contributed by atoms with Crippen LogP contribution in [0.3, 0.4) is 0 Å². The molecule has 0 bridgehead atoms. The zero-order valence-corrected chi connectivity index (χ0v) is 13.3. The van der Waals surface area contributed by atoms with Crippen LogP contribution in [0.5, 0.6) is 0 Å². The van der Waals surface area contributed by atoms with Crippen molar-refractivity contribution in [2.24, 2.45) is 0 Å². The molecule has 116 valence electrons. The highest BCUT2D eigenvalue weighted by molar-refractivity contribution is 6.30. The SMILES string of the molecule is Clc1ccc(CC[C@H]2CC[C@@H](N3CCOCC3)CN2)cc1. The molecule has 0 aromatic heterocycles. The Morgan fingerprint density at radius 2 is 1.90 bits per heavy atom. The Morgan fingerprint density at radius 1 is 1.14 bits per heavy atom. The summed E-state index contributed by atoms with van der Waals surface area (Å²) in [6, 6.07) is 9.63. The number of nitrogens with zero attached hydrogens (tertiary/aromatic N) is 1.